The van der Waals surface area contributed by atoms with E-state index in [1.165, 1.54) is 0 Å². The number of aromatic nitrogens is 2. The molecule has 11 heteroatoms. The largest absolute Gasteiger partial charge is 0.469 e. The monoisotopic (exact) mass is 405 g/mol. The highest BCUT2D eigenvalue weighted by atomic mass is 19.4. The number of nitrogens with two attached hydrogens (primary N) is 2. The molecule has 0 spiro atoms. The molecule has 1 aromatic heterocycles. The number of nitrogens with zero attached hydrogens (tertiary/aromatic N) is 2. The second-order valence-electron chi connectivity index (χ2n) is 7.31. The van der Waals surface area contributed by atoms with Gasteiger partial charge in [0.25, 0.3) is 5.88 Å². The van der Waals surface area contributed by atoms with Crippen molar-refractivity contribution in [1.29, 1.82) is 0 Å². The van der Waals surface area contributed by atoms with E-state index in [0.29, 0.717) is 31.8 Å². The number of nitrogens with one attached hydrogen (secondary N) is 1. The third-order valence-electron chi connectivity index (χ3n) is 5.19. The fourth-order valence-corrected chi connectivity index (χ4v) is 3.52. The first kappa shape index (κ1) is 21.0. The Kier molecular flexibility index (Phi) is 6.58. The van der Waals surface area contributed by atoms with Crippen molar-refractivity contribution in [3.63, 3.8) is 0 Å². The predicted molar refractivity (Wildman–Crippen MR) is 94.5 cm³/mol. The summed E-state index contributed by atoms with van der Waals surface area (Å²) in [5.74, 6) is -0.700. The Morgan fingerprint density at radius 3 is 2.61 bits per heavy atom. The third kappa shape index (κ3) is 5.22. The van der Waals surface area contributed by atoms with Crippen LogP contribution in [0.5, 0.6) is 5.88 Å². The number of alkyl halides is 3. The first-order chi connectivity index (χ1) is 13.2. The van der Waals surface area contributed by atoms with E-state index in [2.05, 4.69) is 15.3 Å². The summed E-state index contributed by atoms with van der Waals surface area (Å²) in [6.07, 6.45) is -2.03. The van der Waals surface area contributed by atoms with Gasteiger partial charge >= 0.3 is 6.18 Å². The lowest BCUT2D eigenvalue weighted by molar-refractivity contribution is -0.141. The second-order valence-corrected chi connectivity index (χ2v) is 7.31. The van der Waals surface area contributed by atoms with Gasteiger partial charge in [-0.2, -0.15) is 13.2 Å². The number of halogens is 3. The Morgan fingerprint density at radius 2 is 1.96 bits per heavy atom. The average Bonchev–Trinajstić information content (AvgIpc) is 2.64. The molecular weight excluding hydrogens is 379 g/mol. The van der Waals surface area contributed by atoms with Crippen LogP contribution in [0, 0.1) is 0 Å². The molecule has 2 heterocycles. The maximum absolute atomic E-state index is 12.7. The van der Waals surface area contributed by atoms with Gasteiger partial charge in [0.05, 0.1) is 18.9 Å². The molecule has 0 radical (unpaired) electrons. The minimum Gasteiger partial charge on any atom is -0.469 e. The second kappa shape index (κ2) is 8.76. The number of hydrogen-bond donors (Lipinski definition) is 4. The van der Waals surface area contributed by atoms with E-state index in [1.807, 2.05) is 0 Å². The maximum Gasteiger partial charge on any atom is 0.434 e. The van der Waals surface area contributed by atoms with Gasteiger partial charge in [-0.3, -0.25) is 0 Å². The van der Waals surface area contributed by atoms with Crippen molar-refractivity contribution in [3.8, 4) is 5.88 Å². The molecule has 1 aromatic rings. The van der Waals surface area contributed by atoms with E-state index in [9.17, 15) is 18.3 Å². The molecule has 3 rings (SSSR count). The fraction of sp³-hybridized carbons (Fsp3) is 0.765. The number of anilines is 1. The van der Waals surface area contributed by atoms with Gasteiger partial charge in [0, 0.05) is 25.0 Å². The minimum atomic E-state index is -4.64. The van der Waals surface area contributed by atoms with Crippen LogP contribution in [0.15, 0.2) is 6.20 Å². The molecule has 28 heavy (non-hydrogen) atoms. The zero-order valence-corrected chi connectivity index (χ0v) is 15.4. The van der Waals surface area contributed by atoms with Gasteiger partial charge < -0.3 is 31.4 Å². The summed E-state index contributed by atoms with van der Waals surface area (Å²) in [5.41, 5.74) is 10.3. The van der Waals surface area contributed by atoms with E-state index in [1.54, 1.807) is 0 Å². The molecular formula is C17H26F3N5O3. The van der Waals surface area contributed by atoms with Crippen molar-refractivity contribution in [2.75, 3.05) is 18.9 Å². The van der Waals surface area contributed by atoms with Gasteiger partial charge in [0.2, 0.25) is 0 Å². The van der Waals surface area contributed by atoms with Crippen LogP contribution >= 0.6 is 0 Å². The summed E-state index contributed by atoms with van der Waals surface area (Å²) >= 11 is 0. The van der Waals surface area contributed by atoms with Crippen molar-refractivity contribution in [2.45, 2.75) is 68.7 Å². The minimum absolute atomic E-state index is 0.230. The number of rotatable bonds is 5. The van der Waals surface area contributed by atoms with Crippen molar-refractivity contribution in [2.24, 2.45) is 5.73 Å². The Hall–Kier alpha value is -1.69. The van der Waals surface area contributed by atoms with Crippen LogP contribution in [0.1, 0.15) is 37.8 Å². The van der Waals surface area contributed by atoms with Crippen molar-refractivity contribution in [3.05, 3.63) is 11.9 Å². The summed E-state index contributed by atoms with van der Waals surface area (Å²) in [5, 5.41) is 13.9. The molecule has 0 amide bonds. The van der Waals surface area contributed by atoms with Gasteiger partial charge in [-0.05, 0) is 25.7 Å². The first-order valence-corrected chi connectivity index (χ1v) is 9.39. The van der Waals surface area contributed by atoms with Crippen molar-refractivity contribution >= 4 is 5.82 Å². The summed E-state index contributed by atoms with van der Waals surface area (Å²) in [6.45, 7) is 0.784. The molecule has 0 aromatic carbocycles. The SMILES string of the molecule is Nc1nc(C(F)(F)F)cnc1O[C@@H]1CCO[C@H](CNC2CCC(N)CC2)[C@@H]1O. The summed E-state index contributed by atoms with van der Waals surface area (Å²) in [7, 11) is 0. The van der Waals surface area contributed by atoms with Crippen molar-refractivity contribution < 1.29 is 27.8 Å². The van der Waals surface area contributed by atoms with Gasteiger partial charge in [0.15, 0.2) is 11.5 Å². The molecule has 1 saturated heterocycles. The smallest absolute Gasteiger partial charge is 0.434 e. The molecule has 1 aliphatic carbocycles. The average molecular weight is 405 g/mol. The van der Waals surface area contributed by atoms with E-state index >= 15 is 0 Å². The number of nitrogen functional groups attached to an aromatic ring is 1. The Balaban J connectivity index is 1.56. The Bertz CT molecular complexity index is 655. The highest BCUT2D eigenvalue weighted by Gasteiger charge is 2.37. The molecule has 3 atom stereocenters. The summed E-state index contributed by atoms with van der Waals surface area (Å²) in [6, 6.07) is 0.580. The number of hydrogen-bond acceptors (Lipinski definition) is 8. The lowest BCUT2D eigenvalue weighted by atomic mass is 9.91. The van der Waals surface area contributed by atoms with Crippen LogP contribution in [0.3, 0.4) is 0 Å². The van der Waals surface area contributed by atoms with E-state index in [0.717, 1.165) is 25.7 Å². The zero-order valence-electron chi connectivity index (χ0n) is 15.4. The van der Waals surface area contributed by atoms with Gasteiger partial charge in [0.1, 0.15) is 12.2 Å². The highest BCUT2D eigenvalue weighted by Crippen LogP contribution is 2.30. The Labute approximate surface area is 160 Å². The van der Waals surface area contributed by atoms with Gasteiger partial charge in [-0.25, -0.2) is 9.97 Å². The third-order valence-corrected chi connectivity index (χ3v) is 5.19. The van der Waals surface area contributed by atoms with Crippen LogP contribution in [-0.2, 0) is 10.9 Å². The molecule has 2 aliphatic rings. The van der Waals surface area contributed by atoms with Crippen LogP contribution in [0.4, 0.5) is 19.0 Å². The highest BCUT2D eigenvalue weighted by molar-refractivity contribution is 5.40. The quantitative estimate of drug-likeness (QED) is 0.567. The molecule has 8 nitrogen and oxygen atoms in total. The molecule has 6 N–H and O–H groups in total. The number of ether oxygens (including phenoxy) is 2. The van der Waals surface area contributed by atoms with Crippen molar-refractivity contribution in [1.82, 2.24) is 15.3 Å². The maximum atomic E-state index is 12.7. The lowest BCUT2D eigenvalue weighted by Gasteiger charge is -2.36. The van der Waals surface area contributed by atoms with Gasteiger partial charge in [-0.1, -0.05) is 0 Å². The topological polar surface area (TPSA) is 129 Å². The first-order valence-electron chi connectivity index (χ1n) is 9.39. The van der Waals surface area contributed by atoms with Crippen LogP contribution in [-0.4, -0.2) is 58.6 Å². The predicted octanol–water partition coefficient (Wildman–Crippen LogP) is 0.834. The molecule has 0 unspecified atom stereocenters. The van der Waals surface area contributed by atoms with Crippen LogP contribution in [0.25, 0.3) is 0 Å². The van der Waals surface area contributed by atoms with E-state index in [4.69, 9.17) is 20.9 Å². The zero-order chi connectivity index (χ0) is 20.3. The van der Waals surface area contributed by atoms with Crippen LogP contribution < -0.4 is 21.5 Å². The lowest BCUT2D eigenvalue weighted by Crippen LogP contribution is -2.53. The standard InChI is InChI=1S/C17H26F3N5O3/c18-17(19,20)13-8-24-16(15(22)25-13)28-11-5-6-27-12(14(11)26)7-23-10-3-1-9(21)2-4-10/h8-12,14,23,26H,1-7,21H2,(H2,22,25)/t9?,10?,11-,12-,14-/m1/s1. The number of aliphatic hydroxyl groups is 1. The normalized spacial score (nSPS) is 31.5. The molecule has 2 fully saturated rings. The number of aliphatic hydroxyl groups excluding tert-OH is 1. The Morgan fingerprint density at radius 1 is 1.25 bits per heavy atom. The molecule has 0 bridgehead atoms. The molecule has 158 valence electrons. The van der Waals surface area contributed by atoms with Gasteiger partial charge in [-0.15, -0.1) is 0 Å². The summed E-state index contributed by atoms with van der Waals surface area (Å²) in [4.78, 5) is 6.90. The fourth-order valence-electron chi connectivity index (χ4n) is 3.52. The molecule has 1 saturated carbocycles. The van der Waals surface area contributed by atoms with E-state index in [-0.39, 0.29) is 11.9 Å². The summed E-state index contributed by atoms with van der Waals surface area (Å²) < 4.78 is 49.2. The van der Waals surface area contributed by atoms with E-state index < -0.39 is 36.0 Å². The van der Waals surface area contributed by atoms with Crippen LogP contribution in [0.2, 0.25) is 0 Å². The molecule has 1 aliphatic heterocycles.